The lowest BCUT2D eigenvalue weighted by Crippen LogP contribution is -2.22. The van der Waals surface area contributed by atoms with E-state index in [-0.39, 0.29) is 5.78 Å². The van der Waals surface area contributed by atoms with Crippen molar-refractivity contribution in [3.8, 4) is 22.9 Å². The number of nitrogens with zero attached hydrogens (tertiary/aromatic N) is 5. The normalized spacial score (nSPS) is 11.3. The van der Waals surface area contributed by atoms with E-state index in [0.29, 0.717) is 29.9 Å². The van der Waals surface area contributed by atoms with E-state index in [2.05, 4.69) is 36.0 Å². The first-order valence-electron chi connectivity index (χ1n) is 16.0. The molecule has 0 saturated heterocycles. The maximum absolute atomic E-state index is 11.7. The van der Waals surface area contributed by atoms with Gasteiger partial charge in [-0.2, -0.15) is 10.4 Å². The first-order chi connectivity index (χ1) is 21.6. The molecule has 0 unspecified atom stereocenters. The second kappa shape index (κ2) is 17.2. The van der Waals surface area contributed by atoms with Gasteiger partial charge in [-0.1, -0.05) is 32.6 Å². The summed E-state index contributed by atoms with van der Waals surface area (Å²) in [6.07, 6.45) is 14.8. The first kappa shape index (κ1) is 35.1. The molecule has 2 aromatic carbocycles. The van der Waals surface area contributed by atoms with Gasteiger partial charge in [-0.25, -0.2) is 0 Å². The third-order valence-electron chi connectivity index (χ3n) is 7.98. The smallest absolute Gasteiger partial charge is 0.145 e. The molecule has 0 N–H and O–H groups in total. The molecule has 45 heavy (non-hydrogen) atoms. The lowest BCUT2D eigenvalue weighted by Gasteiger charge is -2.31. The third kappa shape index (κ3) is 9.55. The molecule has 0 radical (unpaired) electrons. The van der Waals surface area contributed by atoms with E-state index in [1.54, 1.807) is 21.0 Å². The Bertz CT molecular complexity index is 1530. The molecule has 1 aromatic heterocycles. The number of aromatic nitrogens is 2. The number of aldehydes is 1. The maximum atomic E-state index is 11.7. The lowest BCUT2D eigenvalue weighted by atomic mass is 9.97. The highest BCUT2D eigenvalue weighted by Gasteiger charge is 2.22. The van der Waals surface area contributed by atoms with Gasteiger partial charge in [-0.3, -0.25) is 9.48 Å². The van der Waals surface area contributed by atoms with E-state index in [1.807, 2.05) is 60.3 Å². The zero-order valence-electron chi connectivity index (χ0n) is 28.2. The molecule has 0 fully saturated rings. The fourth-order valence-corrected chi connectivity index (χ4v) is 5.61. The minimum atomic E-state index is 0.273. The minimum Gasteiger partial charge on any atom is -0.497 e. The van der Waals surface area contributed by atoms with Crippen LogP contribution in [0.25, 0.3) is 17.2 Å². The van der Waals surface area contributed by atoms with Crippen LogP contribution in [0, 0.1) is 18.3 Å². The maximum Gasteiger partial charge on any atom is 0.145 e. The van der Waals surface area contributed by atoms with Gasteiger partial charge in [-0.15, -0.1) is 0 Å². The van der Waals surface area contributed by atoms with Crippen molar-refractivity contribution in [2.45, 2.75) is 85.6 Å². The number of Topliss-reactive ketones (excluding diaryl/α,β-unsaturated/α-hetero) is 1. The highest BCUT2D eigenvalue weighted by Crippen LogP contribution is 2.41. The monoisotopic (exact) mass is 611 g/mol. The molecule has 1 heterocycles. The standard InChI is InChI=1S/C37H49N5O3/c1-8-16-42(37-22-32(45-7)21-36(40(5)6)34(37)18-27(2)26-43)35-20-30(23-38)33(19-28(35)3)31-24-39-41(25-31)17-14-12-10-9-11-13-15-29(4)44/h18-22,24-26H,8-17H2,1-7H3/b27-18-. The zero-order valence-corrected chi connectivity index (χ0v) is 28.2. The average Bonchev–Trinajstić information content (AvgIpc) is 3.49. The van der Waals surface area contributed by atoms with Crippen molar-refractivity contribution >= 4 is 35.2 Å². The predicted octanol–water partition coefficient (Wildman–Crippen LogP) is 8.27. The summed E-state index contributed by atoms with van der Waals surface area (Å²) >= 11 is 0. The van der Waals surface area contributed by atoms with Crippen LogP contribution in [-0.2, 0) is 16.1 Å². The van der Waals surface area contributed by atoms with Gasteiger partial charge in [0.15, 0.2) is 0 Å². The Kier molecular flexibility index (Phi) is 13.4. The molecular weight excluding hydrogens is 562 g/mol. The summed E-state index contributed by atoms with van der Waals surface area (Å²) in [6.45, 7) is 9.20. The molecule has 0 aliphatic heterocycles. The Hall–Kier alpha value is -4.38. The summed E-state index contributed by atoms with van der Waals surface area (Å²) in [5.74, 6) is 0.987. The molecule has 0 saturated carbocycles. The fourth-order valence-electron chi connectivity index (χ4n) is 5.61. The number of nitriles is 1. The average molecular weight is 612 g/mol. The van der Waals surface area contributed by atoms with Crippen molar-refractivity contribution in [2.24, 2.45) is 0 Å². The minimum absolute atomic E-state index is 0.273. The van der Waals surface area contributed by atoms with Crippen LogP contribution in [0.4, 0.5) is 17.1 Å². The summed E-state index contributed by atoms with van der Waals surface area (Å²) in [5.41, 5.74) is 7.71. The van der Waals surface area contributed by atoms with Crippen LogP contribution in [0.2, 0.25) is 0 Å². The number of hydrogen-bond acceptors (Lipinski definition) is 7. The van der Waals surface area contributed by atoms with E-state index in [1.165, 1.54) is 0 Å². The molecule has 0 amide bonds. The number of anilines is 3. The van der Waals surface area contributed by atoms with E-state index < -0.39 is 0 Å². The fraction of sp³-hybridized carbons (Fsp3) is 0.459. The molecule has 0 spiro atoms. The van der Waals surface area contributed by atoms with E-state index in [0.717, 1.165) is 97.1 Å². The highest BCUT2D eigenvalue weighted by molar-refractivity contribution is 5.91. The number of allylic oxidation sites excluding steroid dienone is 1. The van der Waals surface area contributed by atoms with Crippen LogP contribution in [-0.4, -0.2) is 49.6 Å². The molecule has 8 nitrogen and oxygen atoms in total. The molecule has 0 aliphatic carbocycles. The Morgan fingerprint density at radius 1 is 1.02 bits per heavy atom. The van der Waals surface area contributed by atoms with Crippen LogP contribution >= 0.6 is 0 Å². The zero-order chi connectivity index (χ0) is 32.9. The number of rotatable bonds is 18. The summed E-state index contributed by atoms with van der Waals surface area (Å²) < 4.78 is 7.66. The number of benzene rings is 2. The Balaban J connectivity index is 1.92. The Morgan fingerprint density at radius 2 is 1.71 bits per heavy atom. The number of carbonyl (C=O) groups is 2. The van der Waals surface area contributed by atoms with Gasteiger partial charge >= 0.3 is 0 Å². The second-order valence-electron chi connectivity index (χ2n) is 12.0. The number of ketones is 1. The van der Waals surface area contributed by atoms with E-state index in [4.69, 9.17) is 4.74 Å². The summed E-state index contributed by atoms with van der Waals surface area (Å²) in [6, 6.07) is 10.5. The molecular formula is C37H49N5O3. The van der Waals surface area contributed by atoms with Crippen molar-refractivity contribution in [1.29, 1.82) is 5.26 Å². The molecule has 0 bridgehead atoms. The van der Waals surface area contributed by atoms with Gasteiger partial charge in [-0.05, 0) is 69.4 Å². The van der Waals surface area contributed by atoms with Gasteiger partial charge in [0.25, 0.3) is 0 Å². The SMILES string of the molecule is CCCN(c1cc(C#N)c(-c2cnn(CCCCCCCCC(C)=O)c2)cc1C)c1cc(OC)cc(N(C)C)c1/C=C(/C)C=O. The number of carbonyl (C=O) groups excluding carboxylic acids is 2. The first-order valence-corrected chi connectivity index (χ1v) is 16.0. The largest absolute Gasteiger partial charge is 0.497 e. The van der Waals surface area contributed by atoms with Crippen molar-refractivity contribution in [3.63, 3.8) is 0 Å². The Morgan fingerprint density at radius 3 is 2.33 bits per heavy atom. The summed E-state index contributed by atoms with van der Waals surface area (Å²) in [7, 11) is 5.60. The molecule has 3 rings (SSSR count). The summed E-state index contributed by atoms with van der Waals surface area (Å²) in [5, 5.41) is 14.9. The van der Waals surface area contributed by atoms with Gasteiger partial charge in [0.05, 0.1) is 30.6 Å². The number of hydrogen-bond donors (Lipinski definition) is 0. The Labute approximate surface area is 269 Å². The summed E-state index contributed by atoms with van der Waals surface area (Å²) in [4.78, 5) is 27.0. The van der Waals surface area contributed by atoms with Crippen LogP contribution < -0.4 is 14.5 Å². The van der Waals surface area contributed by atoms with Crippen LogP contribution in [0.3, 0.4) is 0 Å². The molecule has 0 atom stereocenters. The van der Waals surface area contributed by atoms with Gasteiger partial charge in [0.2, 0.25) is 0 Å². The van der Waals surface area contributed by atoms with Crippen LogP contribution in [0.5, 0.6) is 5.75 Å². The van der Waals surface area contributed by atoms with Gasteiger partial charge in [0.1, 0.15) is 17.8 Å². The van der Waals surface area contributed by atoms with Crippen LogP contribution in [0.1, 0.15) is 88.8 Å². The van der Waals surface area contributed by atoms with Gasteiger partial charge in [0, 0.05) is 80.0 Å². The molecule has 240 valence electrons. The highest BCUT2D eigenvalue weighted by atomic mass is 16.5. The van der Waals surface area contributed by atoms with E-state index >= 15 is 0 Å². The van der Waals surface area contributed by atoms with Crippen molar-refractivity contribution in [1.82, 2.24) is 9.78 Å². The van der Waals surface area contributed by atoms with E-state index in [9.17, 15) is 14.9 Å². The van der Waals surface area contributed by atoms with Crippen LogP contribution in [0.15, 0.2) is 42.2 Å². The van der Waals surface area contributed by atoms with Gasteiger partial charge < -0.3 is 19.3 Å². The lowest BCUT2D eigenvalue weighted by molar-refractivity contribution is -0.117. The number of ether oxygens (including phenoxy) is 1. The number of unbranched alkanes of at least 4 members (excludes halogenated alkanes) is 5. The quantitative estimate of drug-likeness (QED) is 0.0812. The second-order valence-corrected chi connectivity index (χ2v) is 12.0. The number of aryl methyl sites for hydroxylation is 2. The molecule has 3 aromatic rings. The van der Waals surface area contributed by atoms with Crippen molar-refractivity contribution < 1.29 is 14.3 Å². The third-order valence-corrected chi connectivity index (χ3v) is 7.98. The predicted molar refractivity (Wildman–Crippen MR) is 184 cm³/mol. The molecule has 8 heteroatoms. The molecule has 0 aliphatic rings. The van der Waals surface area contributed by atoms with Crippen molar-refractivity contribution in [2.75, 3.05) is 37.5 Å². The number of methoxy groups -OCH3 is 1. The topological polar surface area (TPSA) is 91.5 Å². The van der Waals surface area contributed by atoms with Crippen molar-refractivity contribution in [3.05, 3.63) is 58.9 Å².